The number of aryl methyl sites for hydroxylation is 2. The van der Waals surface area contributed by atoms with Gasteiger partial charge in [-0.05, 0) is 6.92 Å². The molecule has 1 N–H and O–H groups in total. The van der Waals surface area contributed by atoms with Crippen molar-refractivity contribution in [3.05, 3.63) is 28.7 Å². The van der Waals surface area contributed by atoms with E-state index in [0.29, 0.717) is 11.6 Å². The number of hydrogen-bond acceptors (Lipinski definition) is 4. The zero-order valence-electron chi connectivity index (χ0n) is 11.4. The highest BCUT2D eigenvalue weighted by molar-refractivity contribution is 6.30. The Bertz CT molecular complexity index is 548. The quantitative estimate of drug-likeness (QED) is 0.812. The Morgan fingerprint density at radius 1 is 1.47 bits per heavy atom. The van der Waals surface area contributed by atoms with Crippen molar-refractivity contribution in [2.75, 3.05) is 20.3 Å². The molecule has 0 atom stereocenters. The number of methoxy groups -OCH3 is 1. The summed E-state index contributed by atoms with van der Waals surface area (Å²) >= 11 is 5.92. The molecule has 19 heavy (non-hydrogen) atoms. The number of nitrogens with zero attached hydrogens (tertiary/aromatic N) is 4. The second-order valence-corrected chi connectivity index (χ2v) is 4.72. The smallest absolute Gasteiger partial charge is 0.156 e. The van der Waals surface area contributed by atoms with Gasteiger partial charge in [0.2, 0.25) is 0 Å². The van der Waals surface area contributed by atoms with Crippen molar-refractivity contribution >= 4 is 11.6 Å². The van der Waals surface area contributed by atoms with Crippen molar-refractivity contribution in [3.8, 4) is 5.82 Å². The lowest BCUT2D eigenvalue weighted by Gasteiger charge is -2.08. The molecule has 2 rings (SSSR count). The second kappa shape index (κ2) is 6.18. The van der Waals surface area contributed by atoms with Gasteiger partial charge in [0.05, 0.1) is 29.7 Å². The summed E-state index contributed by atoms with van der Waals surface area (Å²) in [5, 5.41) is 12.6. The van der Waals surface area contributed by atoms with Crippen LogP contribution in [0.1, 0.15) is 11.3 Å². The van der Waals surface area contributed by atoms with Gasteiger partial charge in [0.1, 0.15) is 0 Å². The summed E-state index contributed by atoms with van der Waals surface area (Å²) in [7, 11) is 3.59. The average molecular weight is 284 g/mol. The van der Waals surface area contributed by atoms with Crippen LogP contribution >= 0.6 is 11.6 Å². The van der Waals surface area contributed by atoms with Crippen molar-refractivity contribution < 1.29 is 4.74 Å². The van der Waals surface area contributed by atoms with Gasteiger partial charge in [0.15, 0.2) is 5.82 Å². The molecule has 0 spiro atoms. The summed E-state index contributed by atoms with van der Waals surface area (Å²) < 4.78 is 8.57. The van der Waals surface area contributed by atoms with Crippen LogP contribution in [0.3, 0.4) is 0 Å². The molecule has 2 aromatic heterocycles. The summed E-state index contributed by atoms with van der Waals surface area (Å²) in [5.74, 6) is 0.925. The van der Waals surface area contributed by atoms with Gasteiger partial charge < -0.3 is 10.1 Å². The SMILES string of the molecule is COCCNCc1c(C)nn(C)c1-n1cc(Cl)cn1. The molecule has 0 saturated carbocycles. The van der Waals surface area contributed by atoms with E-state index < -0.39 is 0 Å². The van der Waals surface area contributed by atoms with Crippen molar-refractivity contribution in [2.45, 2.75) is 13.5 Å². The second-order valence-electron chi connectivity index (χ2n) is 4.28. The molecular formula is C12H18ClN5O. The van der Waals surface area contributed by atoms with Crippen LogP contribution in [0.4, 0.5) is 0 Å². The average Bonchev–Trinajstić information content (AvgIpc) is 2.89. The van der Waals surface area contributed by atoms with E-state index in [1.54, 1.807) is 24.2 Å². The van der Waals surface area contributed by atoms with Crippen LogP contribution in [0.5, 0.6) is 0 Å². The Hall–Kier alpha value is -1.37. The summed E-state index contributed by atoms with van der Waals surface area (Å²) in [6.45, 7) is 4.18. The van der Waals surface area contributed by atoms with Gasteiger partial charge >= 0.3 is 0 Å². The lowest BCUT2D eigenvalue weighted by Crippen LogP contribution is -2.20. The molecule has 0 aliphatic carbocycles. The number of aromatic nitrogens is 4. The Balaban J connectivity index is 2.22. The fourth-order valence-corrected chi connectivity index (χ4v) is 2.12. The lowest BCUT2D eigenvalue weighted by atomic mass is 10.2. The number of rotatable bonds is 6. The molecule has 2 heterocycles. The number of hydrogen-bond donors (Lipinski definition) is 1. The Kier molecular flexibility index (Phi) is 4.57. The van der Waals surface area contributed by atoms with Gasteiger partial charge in [-0.3, -0.25) is 4.68 Å². The predicted octanol–water partition coefficient (Wildman–Crippen LogP) is 1.30. The Labute approximate surface area is 117 Å². The molecule has 2 aromatic rings. The fraction of sp³-hybridized carbons (Fsp3) is 0.500. The molecule has 0 bridgehead atoms. The van der Waals surface area contributed by atoms with Gasteiger partial charge in [-0.15, -0.1) is 0 Å². The highest BCUT2D eigenvalue weighted by Gasteiger charge is 2.15. The normalized spacial score (nSPS) is 11.2. The summed E-state index contributed by atoms with van der Waals surface area (Å²) in [6, 6.07) is 0. The van der Waals surface area contributed by atoms with Crippen LogP contribution < -0.4 is 5.32 Å². The van der Waals surface area contributed by atoms with Crippen LogP contribution in [-0.2, 0) is 18.3 Å². The van der Waals surface area contributed by atoms with Gasteiger partial charge in [-0.1, -0.05) is 11.6 Å². The van der Waals surface area contributed by atoms with Crippen LogP contribution in [0.2, 0.25) is 5.02 Å². The van der Waals surface area contributed by atoms with Crippen LogP contribution in [0.15, 0.2) is 12.4 Å². The molecule has 7 heteroatoms. The number of ether oxygens (including phenoxy) is 1. The predicted molar refractivity (Wildman–Crippen MR) is 73.7 cm³/mol. The molecular weight excluding hydrogens is 266 g/mol. The summed E-state index contributed by atoms with van der Waals surface area (Å²) in [4.78, 5) is 0. The van der Waals surface area contributed by atoms with E-state index in [4.69, 9.17) is 16.3 Å². The molecule has 0 amide bonds. The standard InChI is InChI=1S/C12H18ClN5O/c1-9-11(7-14-4-5-19-3)12(17(2)16-9)18-8-10(13)6-15-18/h6,8,14H,4-5,7H2,1-3H3. The van der Waals surface area contributed by atoms with Gasteiger partial charge in [0, 0.05) is 32.8 Å². The van der Waals surface area contributed by atoms with Crippen LogP contribution in [-0.4, -0.2) is 39.8 Å². The topological polar surface area (TPSA) is 56.9 Å². The van der Waals surface area contributed by atoms with E-state index in [1.807, 2.05) is 18.7 Å². The number of nitrogens with one attached hydrogen (secondary N) is 1. The lowest BCUT2D eigenvalue weighted by molar-refractivity contribution is 0.199. The molecule has 0 saturated heterocycles. The van der Waals surface area contributed by atoms with Crippen molar-refractivity contribution in [2.24, 2.45) is 7.05 Å². The third kappa shape index (κ3) is 3.15. The molecule has 104 valence electrons. The first-order valence-electron chi connectivity index (χ1n) is 6.06. The summed E-state index contributed by atoms with van der Waals surface area (Å²) in [5.41, 5.74) is 2.09. The third-order valence-corrected chi connectivity index (χ3v) is 3.06. The molecule has 0 unspecified atom stereocenters. The van der Waals surface area contributed by atoms with Crippen LogP contribution in [0, 0.1) is 6.92 Å². The van der Waals surface area contributed by atoms with Gasteiger partial charge in [0.25, 0.3) is 0 Å². The molecule has 0 aromatic carbocycles. The molecule has 0 aliphatic heterocycles. The monoisotopic (exact) mass is 283 g/mol. The fourth-order valence-electron chi connectivity index (χ4n) is 1.99. The largest absolute Gasteiger partial charge is 0.383 e. The maximum absolute atomic E-state index is 5.92. The number of halogens is 1. The maximum Gasteiger partial charge on any atom is 0.156 e. The van der Waals surface area contributed by atoms with Crippen molar-refractivity contribution in [1.29, 1.82) is 0 Å². The van der Waals surface area contributed by atoms with E-state index >= 15 is 0 Å². The highest BCUT2D eigenvalue weighted by atomic mass is 35.5. The minimum Gasteiger partial charge on any atom is -0.383 e. The van der Waals surface area contributed by atoms with Gasteiger partial charge in [-0.25, -0.2) is 4.68 Å². The molecule has 0 aliphatic rings. The molecule has 0 radical (unpaired) electrons. The van der Waals surface area contributed by atoms with Crippen LogP contribution in [0.25, 0.3) is 5.82 Å². The molecule has 0 fully saturated rings. The summed E-state index contributed by atoms with van der Waals surface area (Å²) in [6.07, 6.45) is 3.39. The zero-order chi connectivity index (χ0) is 13.8. The van der Waals surface area contributed by atoms with E-state index in [2.05, 4.69) is 15.5 Å². The molecule has 6 nitrogen and oxygen atoms in total. The first-order valence-corrected chi connectivity index (χ1v) is 6.44. The van der Waals surface area contributed by atoms with Crippen molar-refractivity contribution in [3.63, 3.8) is 0 Å². The first kappa shape index (κ1) is 14.0. The zero-order valence-corrected chi connectivity index (χ0v) is 12.1. The minimum atomic E-state index is 0.608. The third-order valence-electron chi connectivity index (χ3n) is 2.87. The van der Waals surface area contributed by atoms with E-state index in [9.17, 15) is 0 Å². The van der Waals surface area contributed by atoms with E-state index in [0.717, 1.165) is 30.2 Å². The highest BCUT2D eigenvalue weighted by Crippen LogP contribution is 2.18. The minimum absolute atomic E-state index is 0.608. The first-order chi connectivity index (χ1) is 9.13. The van der Waals surface area contributed by atoms with Gasteiger partial charge in [-0.2, -0.15) is 10.2 Å². The van der Waals surface area contributed by atoms with E-state index in [1.165, 1.54) is 0 Å². The maximum atomic E-state index is 5.92. The van der Waals surface area contributed by atoms with Crippen molar-refractivity contribution in [1.82, 2.24) is 24.9 Å². The Morgan fingerprint density at radius 3 is 2.89 bits per heavy atom. The Morgan fingerprint density at radius 2 is 2.26 bits per heavy atom. The van der Waals surface area contributed by atoms with E-state index in [-0.39, 0.29) is 0 Å².